The van der Waals surface area contributed by atoms with Gasteiger partial charge in [0.1, 0.15) is 17.3 Å². The summed E-state index contributed by atoms with van der Waals surface area (Å²) in [6, 6.07) is 13.2. The van der Waals surface area contributed by atoms with Gasteiger partial charge in [-0.2, -0.15) is 0 Å². The van der Waals surface area contributed by atoms with Crippen LogP contribution in [0.5, 0.6) is 11.5 Å². The Kier molecular flexibility index (Phi) is 5.77. The lowest BCUT2D eigenvalue weighted by molar-refractivity contribution is -0.123. The summed E-state index contributed by atoms with van der Waals surface area (Å²) >= 11 is 0. The highest BCUT2D eigenvalue weighted by Gasteiger charge is 2.03. The third-order valence-corrected chi connectivity index (χ3v) is 3.08. The predicted molar refractivity (Wildman–Crippen MR) is 81.6 cm³/mol. The van der Waals surface area contributed by atoms with E-state index in [-0.39, 0.29) is 18.3 Å². The first-order chi connectivity index (χ1) is 10.7. The van der Waals surface area contributed by atoms with Gasteiger partial charge >= 0.3 is 0 Å². The Balaban J connectivity index is 1.68. The van der Waals surface area contributed by atoms with Gasteiger partial charge in [-0.05, 0) is 48.4 Å². The van der Waals surface area contributed by atoms with E-state index < -0.39 is 0 Å². The molecule has 116 valence electrons. The average Bonchev–Trinajstić information content (AvgIpc) is 2.55. The maximum absolute atomic E-state index is 12.8. The van der Waals surface area contributed by atoms with Crippen LogP contribution in [0, 0.1) is 5.82 Å². The van der Waals surface area contributed by atoms with Crippen LogP contribution in [0.25, 0.3) is 0 Å². The molecule has 0 radical (unpaired) electrons. The van der Waals surface area contributed by atoms with Gasteiger partial charge in [0.05, 0.1) is 7.11 Å². The van der Waals surface area contributed by atoms with Gasteiger partial charge in [0.25, 0.3) is 5.91 Å². The van der Waals surface area contributed by atoms with E-state index in [0.717, 1.165) is 11.3 Å². The molecule has 0 heterocycles. The van der Waals surface area contributed by atoms with Crippen molar-refractivity contribution < 1.29 is 18.7 Å². The number of benzene rings is 2. The summed E-state index contributed by atoms with van der Waals surface area (Å²) < 4.78 is 23.2. The van der Waals surface area contributed by atoms with Crippen molar-refractivity contribution in [2.75, 3.05) is 20.3 Å². The summed E-state index contributed by atoms with van der Waals surface area (Å²) in [6.45, 7) is 0.437. The molecule has 0 atom stereocenters. The Bertz CT molecular complexity index is 596. The Morgan fingerprint density at radius 1 is 1.05 bits per heavy atom. The highest BCUT2D eigenvalue weighted by molar-refractivity contribution is 5.77. The molecule has 0 aliphatic rings. The van der Waals surface area contributed by atoms with Gasteiger partial charge in [0, 0.05) is 6.54 Å². The van der Waals surface area contributed by atoms with E-state index >= 15 is 0 Å². The number of rotatable bonds is 7. The summed E-state index contributed by atoms with van der Waals surface area (Å²) in [6.07, 6.45) is 0.647. The fraction of sp³-hybridized carbons (Fsp3) is 0.235. The molecule has 2 aromatic rings. The van der Waals surface area contributed by atoms with Gasteiger partial charge in [-0.15, -0.1) is 0 Å². The molecule has 0 saturated carbocycles. The summed E-state index contributed by atoms with van der Waals surface area (Å²) in [5.41, 5.74) is 0.970. The van der Waals surface area contributed by atoms with E-state index in [9.17, 15) is 9.18 Å². The highest BCUT2D eigenvalue weighted by Crippen LogP contribution is 2.16. The minimum Gasteiger partial charge on any atom is -0.497 e. The monoisotopic (exact) mass is 303 g/mol. The van der Waals surface area contributed by atoms with Crippen molar-refractivity contribution >= 4 is 5.91 Å². The Hall–Kier alpha value is -2.56. The lowest BCUT2D eigenvalue weighted by Gasteiger charge is -2.08. The molecular weight excluding hydrogens is 285 g/mol. The number of amides is 1. The molecule has 0 spiro atoms. The molecule has 5 heteroatoms. The van der Waals surface area contributed by atoms with Crippen LogP contribution in [0.2, 0.25) is 0 Å². The van der Waals surface area contributed by atoms with Gasteiger partial charge < -0.3 is 14.8 Å². The molecule has 0 fully saturated rings. The standard InChI is InChI=1S/C17H18FNO3/c1-21-15-6-8-16(9-7-15)22-12-17(20)19-11-10-13-2-4-14(18)5-3-13/h2-9H,10-12H2,1H3,(H,19,20). The zero-order valence-corrected chi connectivity index (χ0v) is 12.3. The molecule has 2 aromatic carbocycles. The number of carbonyl (C=O) groups is 1. The molecule has 2 rings (SSSR count). The maximum atomic E-state index is 12.8. The number of nitrogens with one attached hydrogen (secondary N) is 1. The summed E-state index contributed by atoms with van der Waals surface area (Å²) in [5.74, 6) is 0.879. The van der Waals surface area contributed by atoms with Crippen LogP contribution in [0.4, 0.5) is 4.39 Å². The van der Waals surface area contributed by atoms with Crippen LogP contribution in [0.1, 0.15) is 5.56 Å². The van der Waals surface area contributed by atoms with E-state index in [1.807, 2.05) is 0 Å². The first kappa shape index (κ1) is 15.8. The van der Waals surface area contributed by atoms with Gasteiger partial charge in [-0.25, -0.2) is 4.39 Å². The third-order valence-electron chi connectivity index (χ3n) is 3.08. The van der Waals surface area contributed by atoms with Gasteiger partial charge in [-0.3, -0.25) is 4.79 Å². The highest BCUT2D eigenvalue weighted by atomic mass is 19.1. The number of methoxy groups -OCH3 is 1. The van der Waals surface area contributed by atoms with E-state index in [0.29, 0.717) is 18.7 Å². The largest absolute Gasteiger partial charge is 0.497 e. The minimum absolute atomic E-state index is 0.0459. The fourth-order valence-corrected chi connectivity index (χ4v) is 1.87. The Morgan fingerprint density at radius 2 is 1.68 bits per heavy atom. The molecule has 1 amide bonds. The van der Waals surface area contributed by atoms with Crippen molar-refractivity contribution in [1.82, 2.24) is 5.32 Å². The smallest absolute Gasteiger partial charge is 0.257 e. The van der Waals surface area contributed by atoms with Crippen LogP contribution in [-0.2, 0) is 11.2 Å². The number of hydrogen-bond acceptors (Lipinski definition) is 3. The van der Waals surface area contributed by atoms with Crippen LogP contribution in [0.15, 0.2) is 48.5 Å². The second-order valence-corrected chi connectivity index (χ2v) is 4.69. The SMILES string of the molecule is COc1ccc(OCC(=O)NCCc2ccc(F)cc2)cc1. The lowest BCUT2D eigenvalue weighted by atomic mass is 10.1. The molecule has 1 N–H and O–H groups in total. The first-order valence-corrected chi connectivity index (χ1v) is 6.95. The topological polar surface area (TPSA) is 47.6 Å². The van der Waals surface area contributed by atoms with E-state index in [1.54, 1.807) is 43.5 Å². The number of carbonyl (C=O) groups excluding carboxylic acids is 1. The van der Waals surface area contributed by atoms with Crippen LogP contribution in [-0.4, -0.2) is 26.2 Å². The molecule has 0 saturated heterocycles. The van der Waals surface area contributed by atoms with Crippen molar-refractivity contribution in [3.63, 3.8) is 0 Å². The van der Waals surface area contributed by atoms with Crippen molar-refractivity contribution in [3.8, 4) is 11.5 Å². The van der Waals surface area contributed by atoms with Gasteiger partial charge in [-0.1, -0.05) is 12.1 Å². The molecule has 4 nitrogen and oxygen atoms in total. The molecule has 0 aromatic heterocycles. The minimum atomic E-state index is -0.263. The van der Waals surface area contributed by atoms with Gasteiger partial charge in [0.2, 0.25) is 0 Å². The molecule has 0 aliphatic carbocycles. The number of ether oxygens (including phenoxy) is 2. The van der Waals surface area contributed by atoms with Crippen molar-refractivity contribution in [3.05, 3.63) is 59.9 Å². The van der Waals surface area contributed by atoms with E-state index in [4.69, 9.17) is 9.47 Å². The average molecular weight is 303 g/mol. The second-order valence-electron chi connectivity index (χ2n) is 4.69. The van der Waals surface area contributed by atoms with Crippen LogP contribution in [0.3, 0.4) is 0 Å². The molecular formula is C17H18FNO3. The summed E-state index contributed by atoms with van der Waals surface area (Å²) in [5, 5.41) is 2.76. The molecule has 0 aliphatic heterocycles. The Morgan fingerprint density at radius 3 is 2.32 bits per heavy atom. The summed E-state index contributed by atoms with van der Waals surface area (Å²) in [4.78, 5) is 11.7. The van der Waals surface area contributed by atoms with Crippen molar-refractivity contribution in [1.29, 1.82) is 0 Å². The zero-order chi connectivity index (χ0) is 15.8. The quantitative estimate of drug-likeness (QED) is 0.855. The van der Waals surface area contributed by atoms with E-state index in [2.05, 4.69) is 5.32 Å². The van der Waals surface area contributed by atoms with Gasteiger partial charge in [0.15, 0.2) is 6.61 Å². The van der Waals surface area contributed by atoms with Crippen molar-refractivity contribution in [2.24, 2.45) is 0 Å². The third kappa shape index (κ3) is 5.09. The predicted octanol–water partition coefficient (Wildman–Crippen LogP) is 2.57. The second kappa shape index (κ2) is 8.02. The zero-order valence-electron chi connectivity index (χ0n) is 12.3. The molecule has 22 heavy (non-hydrogen) atoms. The molecule has 0 bridgehead atoms. The molecule has 0 unspecified atom stereocenters. The van der Waals surface area contributed by atoms with Crippen LogP contribution >= 0.6 is 0 Å². The van der Waals surface area contributed by atoms with Crippen molar-refractivity contribution in [2.45, 2.75) is 6.42 Å². The normalized spacial score (nSPS) is 10.1. The maximum Gasteiger partial charge on any atom is 0.257 e. The van der Waals surface area contributed by atoms with E-state index in [1.165, 1.54) is 12.1 Å². The first-order valence-electron chi connectivity index (χ1n) is 6.95. The fourth-order valence-electron chi connectivity index (χ4n) is 1.87. The van der Waals surface area contributed by atoms with Crippen LogP contribution < -0.4 is 14.8 Å². The Labute approximate surface area is 128 Å². The summed E-state index contributed by atoms with van der Waals surface area (Å²) in [7, 11) is 1.59. The lowest BCUT2D eigenvalue weighted by Crippen LogP contribution is -2.30. The number of hydrogen-bond donors (Lipinski definition) is 1. The number of halogens is 1.